The first-order valence-corrected chi connectivity index (χ1v) is 8.52. The number of benzene rings is 2. The second kappa shape index (κ2) is 8.35. The standard InChI is InChI=1S/C17H16FNO4S/c18-13-8-6-12(7-9-13)16(20)19-15(17(21)22)10-11-24(23)14-4-2-1-3-5-14/h1-9,15H,10-11H2,(H,19,20)(H,21,22)/t15-,24-/m0/s1. The molecule has 2 aromatic carbocycles. The molecule has 0 aromatic heterocycles. The fourth-order valence-electron chi connectivity index (χ4n) is 2.02. The van der Waals surface area contributed by atoms with Gasteiger partial charge in [-0.3, -0.25) is 9.00 Å². The topological polar surface area (TPSA) is 83.5 Å². The fraction of sp³-hybridized carbons (Fsp3) is 0.176. The van der Waals surface area contributed by atoms with Gasteiger partial charge in [-0.25, -0.2) is 9.18 Å². The Morgan fingerprint density at radius 3 is 2.29 bits per heavy atom. The first kappa shape index (κ1) is 17.8. The summed E-state index contributed by atoms with van der Waals surface area (Å²) < 4.78 is 25.0. The molecule has 0 saturated carbocycles. The second-order valence-corrected chi connectivity index (χ2v) is 6.59. The van der Waals surface area contributed by atoms with Crippen molar-refractivity contribution in [3.63, 3.8) is 0 Å². The van der Waals surface area contributed by atoms with Gasteiger partial charge in [0.25, 0.3) is 5.91 Å². The molecule has 24 heavy (non-hydrogen) atoms. The minimum absolute atomic E-state index is 0.0176. The molecule has 2 atom stereocenters. The van der Waals surface area contributed by atoms with Gasteiger partial charge in [0.15, 0.2) is 0 Å². The van der Waals surface area contributed by atoms with E-state index in [0.29, 0.717) is 4.90 Å². The molecule has 0 aliphatic heterocycles. The molecule has 0 bridgehead atoms. The van der Waals surface area contributed by atoms with Crippen LogP contribution in [-0.4, -0.2) is 33.0 Å². The Hall–Kier alpha value is -2.54. The van der Waals surface area contributed by atoms with Gasteiger partial charge in [0, 0.05) is 16.2 Å². The molecule has 1 amide bonds. The van der Waals surface area contributed by atoms with Crippen LogP contribution in [0.25, 0.3) is 0 Å². The van der Waals surface area contributed by atoms with Crippen LogP contribution in [0.4, 0.5) is 4.39 Å². The van der Waals surface area contributed by atoms with Crippen molar-refractivity contribution < 1.29 is 23.3 Å². The molecule has 0 unspecified atom stereocenters. The smallest absolute Gasteiger partial charge is 0.326 e. The van der Waals surface area contributed by atoms with E-state index in [1.807, 2.05) is 0 Å². The third-order valence-corrected chi connectivity index (χ3v) is 4.71. The molecule has 7 heteroatoms. The lowest BCUT2D eigenvalue weighted by Gasteiger charge is -2.14. The van der Waals surface area contributed by atoms with Crippen molar-refractivity contribution in [1.29, 1.82) is 0 Å². The lowest BCUT2D eigenvalue weighted by atomic mass is 10.1. The maximum Gasteiger partial charge on any atom is 0.326 e. The van der Waals surface area contributed by atoms with Gasteiger partial charge >= 0.3 is 5.97 Å². The normalized spacial score (nSPS) is 13.0. The van der Waals surface area contributed by atoms with E-state index in [-0.39, 0.29) is 17.7 Å². The summed E-state index contributed by atoms with van der Waals surface area (Å²) in [5.74, 6) is -2.21. The number of carboxylic acid groups (broad SMARTS) is 1. The summed E-state index contributed by atoms with van der Waals surface area (Å²) in [6.45, 7) is 0. The van der Waals surface area contributed by atoms with Crippen molar-refractivity contribution in [3.05, 3.63) is 66.0 Å². The predicted octanol–water partition coefficient (Wildman–Crippen LogP) is 2.21. The summed E-state index contributed by atoms with van der Waals surface area (Å²) >= 11 is 0. The van der Waals surface area contributed by atoms with Crippen molar-refractivity contribution in [2.75, 3.05) is 5.75 Å². The van der Waals surface area contributed by atoms with Crippen LogP contribution >= 0.6 is 0 Å². The number of nitrogens with one attached hydrogen (secondary N) is 1. The van der Waals surface area contributed by atoms with Crippen LogP contribution in [-0.2, 0) is 15.6 Å². The molecule has 0 fully saturated rings. The lowest BCUT2D eigenvalue weighted by Crippen LogP contribution is -2.41. The van der Waals surface area contributed by atoms with E-state index < -0.39 is 34.5 Å². The highest BCUT2D eigenvalue weighted by Crippen LogP contribution is 2.09. The Bertz CT molecular complexity index is 734. The highest BCUT2D eigenvalue weighted by Gasteiger charge is 2.21. The number of hydrogen-bond acceptors (Lipinski definition) is 3. The molecule has 126 valence electrons. The molecular weight excluding hydrogens is 333 g/mol. The third kappa shape index (κ3) is 4.99. The van der Waals surface area contributed by atoms with Crippen molar-refractivity contribution in [3.8, 4) is 0 Å². The zero-order valence-corrected chi connectivity index (χ0v) is 13.5. The summed E-state index contributed by atoms with van der Waals surface area (Å²) in [4.78, 5) is 23.9. The van der Waals surface area contributed by atoms with E-state index in [1.54, 1.807) is 30.3 Å². The number of carboxylic acids is 1. The van der Waals surface area contributed by atoms with Gasteiger partial charge in [0.2, 0.25) is 0 Å². The van der Waals surface area contributed by atoms with Crippen LogP contribution in [0.15, 0.2) is 59.5 Å². The van der Waals surface area contributed by atoms with Crippen LogP contribution < -0.4 is 5.32 Å². The van der Waals surface area contributed by atoms with Crippen LogP contribution in [0.3, 0.4) is 0 Å². The molecule has 2 aromatic rings. The summed E-state index contributed by atoms with van der Waals surface area (Å²) in [6.07, 6.45) is 0.0176. The van der Waals surface area contributed by atoms with E-state index >= 15 is 0 Å². The zero-order valence-electron chi connectivity index (χ0n) is 12.6. The second-order valence-electron chi connectivity index (χ2n) is 5.02. The molecule has 2 N–H and O–H groups in total. The molecule has 0 aliphatic rings. The minimum Gasteiger partial charge on any atom is -0.480 e. The largest absolute Gasteiger partial charge is 0.480 e. The molecule has 0 heterocycles. The Morgan fingerprint density at radius 1 is 1.08 bits per heavy atom. The van der Waals surface area contributed by atoms with E-state index in [1.165, 1.54) is 12.1 Å². The average Bonchev–Trinajstić information content (AvgIpc) is 2.59. The van der Waals surface area contributed by atoms with Gasteiger partial charge in [-0.05, 0) is 42.8 Å². The third-order valence-electron chi connectivity index (χ3n) is 3.31. The van der Waals surface area contributed by atoms with E-state index in [4.69, 9.17) is 0 Å². The van der Waals surface area contributed by atoms with Gasteiger partial charge in [0.1, 0.15) is 11.9 Å². The van der Waals surface area contributed by atoms with Crippen molar-refractivity contribution in [2.45, 2.75) is 17.4 Å². The maximum atomic E-state index is 12.9. The Balaban J connectivity index is 1.97. The monoisotopic (exact) mass is 349 g/mol. The van der Waals surface area contributed by atoms with Crippen LogP contribution in [0.5, 0.6) is 0 Å². The predicted molar refractivity (Wildman–Crippen MR) is 87.6 cm³/mol. The van der Waals surface area contributed by atoms with Gasteiger partial charge in [-0.15, -0.1) is 0 Å². The number of hydrogen-bond donors (Lipinski definition) is 2. The molecular formula is C17H16FNO4S. The molecule has 0 saturated heterocycles. The summed E-state index contributed by atoms with van der Waals surface area (Å²) in [5.41, 5.74) is 0.159. The quantitative estimate of drug-likeness (QED) is 0.803. The summed E-state index contributed by atoms with van der Waals surface area (Å²) in [7, 11) is -1.35. The van der Waals surface area contributed by atoms with Gasteiger partial charge in [-0.2, -0.15) is 0 Å². The van der Waals surface area contributed by atoms with Crippen LogP contribution in [0.1, 0.15) is 16.8 Å². The zero-order chi connectivity index (χ0) is 17.5. The molecule has 0 radical (unpaired) electrons. The maximum absolute atomic E-state index is 12.9. The van der Waals surface area contributed by atoms with Crippen LogP contribution in [0, 0.1) is 5.82 Å². The fourth-order valence-corrected chi connectivity index (χ4v) is 3.16. The summed E-state index contributed by atoms with van der Waals surface area (Å²) in [6, 6.07) is 12.3. The van der Waals surface area contributed by atoms with Gasteiger partial charge < -0.3 is 10.4 Å². The molecule has 0 spiro atoms. The summed E-state index contributed by atoms with van der Waals surface area (Å²) in [5, 5.41) is 11.6. The first-order chi connectivity index (χ1) is 11.5. The molecule has 2 rings (SSSR count). The van der Waals surface area contributed by atoms with Crippen molar-refractivity contribution in [1.82, 2.24) is 5.32 Å². The SMILES string of the molecule is O=C(N[C@@H](CC[S@](=O)c1ccccc1)C(=O)O)c1ccc(F)cc1. The van der Waals surface area contributed by atoms with E-state index in [9.17, 15) is 23.3 Å². The number of amides is 1. The molecule has 5 nitrogen and oxygen atoms in total. The molecule has 0 aliphatic carbocycles. The van der Waals surface area contributed by atoms with Crippen molar-refractivity contribution >= 4 is 22.7 Å². The number of rotatable bonds is 7. The highest BCUT2D eigenvalue weighted by molar-refractivity contribution is 7.85. The van der Waals surface area contributed by atoms with Crippen molar-refractivity contribution in [2.24, 2.45) is 0 Å². The van der Waals surface area contributed by atoms with Gasteiger partial charge in [-0.1, -0.05) is 18.2 Å². The number of aliphatic carboxylic acids is 1. The first-order valence-electron chi connectivity index (χ1n) is 7.20. The van der Waals surface area contributed by atoms with Crippen LogP contribution in [0.2, 0.25) is 0 Å². The van der Waals surface area contributed by atoms with Gasteiger partial charge in [0.05, 0.1) is 10.8 Å². The Kier molecular flexibility index (Phi) is 6.20. The number of carbonyl (C=O) groups is 2. The van der Waals surface area contributed by atoms with E-state index in [0.717, 1.165) is 12.1 Å². The minimum atomic E-state index is -1.35. The number of carbonyl (C=O) groups excluding carboxylic acids is 1. The lowest BCUT2D eigenvalue weighted by molar-refractivity contribution is -0.139. The Labute approximate surface area is 141 Å². The Morgan fingerprint density at radius 2 is 1.71 bits per heavy atom. The number of halogens is 1. The van der Waals surface area contributed by atoms with E-state index in [2.05, 4.69) is 5.32 Å². The average molecular weight is 349 g/mol. The highest BCUT2D eigenvalue weighted by atomic mass is 32.2.